The van der Waals surface area contributed by atoms with Gasteiger partial charge in [0, 0.05) is 5.56 Å². The van der Waals surface area contributed by atoms with Crippen LogP contribution in [0.3, 0.4) is 0 Å². The predicted molar refractivity (Wildman–Crippen MR) is 89.9 cm³/mol. The number of rotatable bonds is 5. The molecule has 0 aliphatic rings. The highest BCUT2D eigenvalue weighted by atomic mass is 127. The van der Waals surface area contributed by atoms with Gasteiger partial charge in [-0.2, -0.15) is 39.5 Å². The van der Waals surface area contributed by atoms with Crippen molar-refractivity contribution < 1.29 is 73.7 Å². The molecule has 2 rings (SSSR count). The summed E-state index contributed by atoms with van der Waals surface area (Å²) in [6, 6.07) is 10.6. The molecule has 0 fully saturated rings. The molecule has 0 aromatic heterocycles. The van der Waals surface area contributed by atoms with Crippen LogP contribution in [-0.4, -0.2) is 34.9 Å². The lowest BCUT2D eigenvalue weighted by Gasteiger charge is -2.28. The van der Waals surface area contributed by atoms with Gasteiger partial charge in [-0.15, -0.1) is 0 Å². The second-order valence-electron chi connectivity index (χ2n) is 6.26. The van der Waals surface area contributed by atoms with Gasteiger partial charge in [-0.25, -0.2) is 8.42 Å². The van der Waals surface area contributed by atoms with Crippen molar-refractivity contribution >= 4 is 10.1 Å². The Hall–Kier alpha value is -1.55. The van der Waals surface area contributed by atoms with Gasteiger partial charge in [-0.3, -0.25) is 0 Å². The van der Waals surface area contributed by atoms with Crippen LogP contribution in [0.25, 0.3) is 0 Å². The minimum atomic E-state index is -6.81. The minimum Gasteiger partial charge on any atom is -0.744 e. The van der Waals surface area contributed by atoms with Gasteiger partial charge in [-0.05, 0) is 32.0 Å². The van der Waals surface area contributed by atoms with Crippen LogP contribution in [0.2, 0.25) is 0 Å². The molecule has 0 saturated heterocycles. The first kappa shape index (κ1) is 28.5. The standard InChI is InChI=1S/C11H7F9I.C7H8O3S/c1-6-4-2-3-5-7(6)21-11(19,20)9(14,15)8(12,13)10(16,17)18;1-6-2-4-7(5-3-6)11(8,9)10/h2-5H,1H3;2-5H,1H3,(H,8,9,10)/q+1;/p-1. The van der Waals surface area contributed by atoms with E-state index in [0.717, 1.165) is 11.6 Å². The molecule has 0 atom stereocenters. The Morgan fingerprint density at radius 1 is 0.750 bits per heavy atom. The largest absolute Gasteiger partial charge is 0.744 e. The lowest BCUT2D eigenvalue weighted by atomic mass is 10.2. The Bertz CT molecular complexity index is 1020. The molecule has 180 valence electrons. The van der Waals surface area contributed by atoms with Crippen LogP contribution in [0.1, 0.15) is 11.1 Å². The Labute approximate surface area is 187 Å². The van der Waals surface area contributed by atoms with E-state index in [1.807, 2.05) is 6.92 Å². The molecule has 0 saturated carbocycles. The van der Waals surface area contributed by atoms with Crippen molar-refractivity contribution in [2.75, 3.05) is 0 Å². The number of hydrogen-bond acceptors (Lipinski definition) is 3. The molecule has 2 aromatic carbocycles. The average Bonchev–Trinajstić information content (AvgIpc) is 2.62. The van der Waals surface area contributed by atoms with Crippen molar-refractivity contribution in [1.82, 2.24) is 0 Å². The van der Waals surface area contributed by atoms with Crippen molar-refractivity contribution in [3.8, 4) is 0 Å². The molecule has 32 heavy (non-hydrogen) atoms. The van der Waals surface area contributed by atoms with E-state index in [1.54, 1.807) is 12.1 Å². The van der Waals surface area contributed by atoms with E-state index in [-0.39, 0.29) is 14.0 Å². The monoisotopic (exact) mass is 608 g/mol. The quantitative estimate of drug-likeness (QED) is 0.227. The molecular weight excluding hydrogens is 594 g/mol. The van der Waals surface area contributed by atoms with Crippen LogP contribution < -0.4 is 21.2 Å². The van der Waals surface area contributed by atoms with E-state index < -0.39 is 53.3 Å². The maximum atomic E-state index is 13.4. The number of aryl methyl sites for hydroxylation is 2. The third kappa shape index (κ3) is 6.50. The molecule has 2 aromatic rings. The van der Waals surface area contributed by atoms with Gasteiger partial charge in [-0.1, -0.05) is 35.9 Å². The number of hydrogen-bond donors (Lipinski definition) is 0. The fourth-order valence-electron chi connectivity index (χ4n) is 1.91. The molecule has 0 unspecified atom stereocenters. The van der Waals surface area contributed by atoms with Gasteiger partial charge in [0.15, 0.2) is 3.57 Å². The third-order valence-corrected chi connectivity index (χ3v) is 7.71. The molecule has 0 amide bonds. The van der Waals surface area contributed by atoms with Gasteiger partial charge in [0.1, 0.15) is 10.1 Å². The summed E-state index contributed by atoms with van der Waals surface area (Å²) >= 11 is -3.11. The SMILES string of the molecule is Cc1ccc(S(=O)(=O)[O-])cc1.Cc1ccccc1[I+]C(F)(F)C(F)(F)C(F)(F)C(F)(F)F. The molecule has 14 heteroatoms. The van der Waals surface area contributed by atoms with Gasteiger partial charge in [0.05, 0.1) is 4.90 Å². The Kier molecular flexibility index (Phi) is 8.68. The number of halogens is 10. The maximum absolute atomic E-state index is 13.4. The van der Waals surface area contributed by atoms with Gasteiger partial charge < -0.3 is 4.55 Å². The number of alkyl halides is 10. The van der Waals surface area contributed by atoms with Crippen LogP contribution in [0.5, 0.6) is 0 Å². The zero-order valence-corrected chi connectivity index (χ0v) is 19.0. The molecule has 3 nitrogen and oxygen atoms in total. The molecule has 0 heterocycles. The van der Waals surface area contributed by atoms with Crippen molar-refractivity contribution in [3.05, 3.63) is 63.2 Å². The first-order valence-corrected chi connectivity index (χ1v) is 11.7. The molecule has 0 radical (unpaired) electrons. The zero-order valence-electron chi connectivity index (χ0n) is 16.0. The zero-order chi connectivity index (χ0) is 25.2. The summed E-state index contributed by atoms with van der Waals surface area (Å²) in [5.74, 6) is -13.3. The summed E-state index contributed by atoms with van der Waals surface area (Å²) in [6.45, 7) is 3.09. The van der Waals surface area contributed by atoms with Crippen molar-refractivity contribution in [2.45, 2.75) is 40.7 Å². The van der Waals surface area contributed by atoms with E-state index >= 15 is 0 Å². The maximum Gasteiger partial charge on any atom is 0.517 e. The molecule has 0 N–H and O–H groups in total. The van der Waals surface area contributed by atoms with Crippen LogP contribution in [-0.2, 0) is 10.1 Å². The summed E-state index contributed by atoms with van der Waals surface area (Å²) in [5.41, 5.74) is 1.05. The normalized spacial score (nSPS) is 13.4. The smallest absolute Gasteiger partial charge is 0.517 e. The fraction of sp³-hybridized carbons (Fsp3) is 0.333. The van der Waals surface area contributed by atoms with Crippen molar-refractivity contribution in [2.24, 2.45) is 0 Å². The lowest BCUT2D eigenvalue weighted by molar-refractivity contribution is -0.791. The Morgan fingerprint density at radius 3 is 1.62 bits per heavy atom. The highest BCUT2D eigenvalue weighted by molar-refractivity contribution is 7.85. The van der Waals surface area contributed by atoms with Crippen molar-refractivity contribution in [3.63, 3.8) is 0 Å². The minimum absolute atomic E-state index is 0.121. The summed E-state index contributed by atoms with van der Waals surface area (Å²) in [5, 5.41) is 0. The highest BCUT2D eigenvalue weighted by Gasteiger charge is 2.87. The van der Waals surface area contributed by atoms with E-state index in [4.69, 9.17) is 0 Å². The molecule has 0 bridgehead atoms. The van der Waals surface area contributed by atoms with Gasteiger partial charge in [0.25, 0.3) is 0 Å². The fourth-order valence-corrected chi connectivity index (χ4v) is 4.77. The Balaban J connectivity index is 0.000000389. The van der Waals surface area contributed by atoms with Gasteiger partial charge in [0.2, 0.25) is 0 Å². The van der Waals surface area contributed by atoms with Crippen molar-refractivity contribution in [1.29, 1.82) is 0 Å². The summed E-state index contributed by atoms with van der Waals surface area (Å²) in [4.78, 5) is -0.178. The second-order valence-corrected chi connectivity index (χ2v) is 10.7. The Morgan fingerprint density at radius 2 is 1.22 bits per heavy atom. The third-order valence-electron chi connectivity index (χ3n) is 3.71. The van der Waals surface area contributed by atoms with Crippen LogP contribution in [0, 0.1) is 17.4 Å². The van der Waals surface area contributed by atoms with E-state index in [2.05, 4.69) is 0 Å². The average molecular weight is 608 g/mol. The van der Waals surface area contributed by atoms with E-state index in [0.29, 0.717) is 0 Å². The lowest BCUT2D eigenvalue weighted by Crippen LogP contribution is -3.68. The molecular formula is C18H14F9IO3S. The highest BCUT2D eigenvalue weighted by Crippen LogP contribution is 2.50. The first-order chi connectivity index (χ1) is 14.2. The predicted octanol–water partition coefficient (Wildman–Crippen LogP) is 2.58. The topological polar surface area (TPSA) is 57.2 Å². The van der Waals surface area contributed by atoms with E-state index in [1.165, 1.54) is 37.3 Å². The first-order valence-electron chi connectivity index (χ1n) is 8.18. The van der Waals surface area contributed by atoms with E-state index in [9.17, 15) is 52.5 Å². The van der Waals surface area contributed by atoms with Gasteiger partial charge >= 0.3 is 43.2 Å². The van der Waals surface area contributed by atoms with Crippen LogP contribution >= 0.6 is 0 Å². The number of benzene rings is 2. The summed E-state index contributed by atoms with van der Waals surface area (Å²) < 4.78 is 140. The second kappa shape index (κ2) is 9.75. The molecule has 0 spiro atoms. The summed E-state index contributed by atoms with van der Waals surface area (Å²) in [6.07, 6.45) is -6.77. The summed E-state index contributed by atoms with van der Waals surface area (Å²) in [7, 11) is -4.27. The molecule has 0 aliphatic heterocycles. The van der Waals surface area contributed by atoms with Crippen LogP contribution in [0.4, 0.5) is 39.5 Å². The van der Waals surface area contributed by atoms with Crippen LogP contribution in [0.15, 0.2) is 53.4 Å². The molecule has 0 aliphatic carbocycles.